The van der Waals surface area contributed by atoms with Crippen molar-refractivity contribution in [3.63, 3.8) is 0 Å². The highest BCUT2D eigenvalue weighted by Gasteiger charge is 2.17. The molecule has 0 spiro atoms. The Balaban J connectivity index is 1.44. The van der Waals surface area contributed by atoms with E-state index in [0.29, 0.717) is 6.54 Å². The van der Waals surface area contributed by atoms with Crippen LogP contribution in [-0.2, 0) is 19.6 Å². The Labute approximate surface area is 201 Å². The number of benzene rings is 4. The predicted octanol–water partition coefficient (Wildman–Crippen LogP) is 6.43. The van der Waals surface area contributed by atoms with E-state index in [1.807, 2.05) is 36.4 Å². The molecule has 0 bridgehead atoms. The fraction of sp³-hybridized carbons (Fsp3) is 0.161. The first-order valence-electron chi connectivity index (χ1n) is 11.9. The van der Waals surface area contributed by atoms with Crippen molar-refractivity contribution in [1.82, 2.24) is 9.47 Å². The van der Waals surface area contributed by atoms with E-state index < -0.39 is 6.10 Å². The van der Waals surface area contributed by atoms with Crippen LogP contribution in [0.25, 0.3) is 10.9 Å². The number of rotatable bonds is 9. The molecule has 1 N–H and O–H groups in total. The number of hydrogen-bond donors (Lipinski definition) is 1. The van der Waals surface area contributed by atoms with Crippen LogP contribution >= 0.6 is 0 Å². The first kappa shape index (κ1) is 22.1. The quantitative estimate of drug-likeness (QED) is 0.283. The third-order valence-electron chi connectivity index (χ3n) is 6.33. The molecule has 0 unspecified atom stereocenters. The number of nitrogens with zero attached hydrogens (tertiary/aromatic N) is 2. The van der Waals surface area contributed by atoms with Crippen LogP contribution < -0.4 is 0 Å². The summed E-state index contributed by atoms with van der Waals surface area (Å²) in [5.41, 5.74) is 6.01. The number of aliphatic hydroxyl groups excluding tert-OH is 1. The Morgan fingerprint density at radius 1 is 0.647 bits per heavy atom. The Hall–Kier alpha value is -3.66. The second-order valence-electron chi connectivity index (χ2n) is 8.87. The lowest BCUT2D eigenvalue weighted by Crippen LogP contribution is -2.28. The third-order valence-corrected chi connectivity index (χ3v) is 6.33. The van der Waals surface area contributed by atoms with E-state index in [1.165, 1.54) is 27.6 Å². The molecule has 0 saturated carbocycles. The lowest BCUT2D eigenvalue weighted by Gasteiger charge is -2.25. The summed E-state index contributed by atoms with van der Waals surface area (Å²) in [6.45, 7) is 2.95. The highest BCUT2D eigenvalue weighted by molar-refractivity contribution is 5.84. The van der Waals surface area contributed by atoms with Gasteiger partial charge in [-0.3, -0.25) is 4.90 Å². The second kappa shape index (κ2) is 10.5. The van der Waals surface area contributed by atoms with E-state index in [1.54, 1.807) is 0 Å². The maximum absolute atomic E-state index is 11.0. The molecule has 5 aromatic rings. The summed E-state index contributed by atoms with van der Waals surface area (Å²) in [5, 5.41) is 12.3. The minimum absolute atomic E-state index is 0.539. The summed E-state index contributed by atoms with van der Waals surface area (Å²) in [6, 6.07) is 39.7. The molecular weight excluding hydrogens is 416 g/mol. The van der Waals surface area contributed by atoms with E-state index in [0.717, 1.165) is 25.2 Å². The highest BCUT2D eigenvalue weighted by Crippen LogP contribution is 2.26. The third kappa shape index (κ3) is 5.28. The van der Waals surface area contributed by atoms with Gasteiger partial charge in [0.05, 0.1) is 6.10 Å². The van der Waals surface area contributed by atoms with Crippen LogP contribution in [0.5, 0.6) is 0 Å². The number of hydrogen-bond acceptors (Lipinski definition) is 2. The summed E-state index contributed by atoms with van der Waals surface area (Å²) in [5.74, 6) is 0. The van der Waals surface area contributed by atoms with Crippen molar-refractivity contribution in [2.75, 3.05) is 6.54 Å². The number of fused-ring (bicyclic) bond motifs is 1. The van der Waals surface area contributed by atoms with Gasteiger partial charge in [-0.1, -0.05) is 109 Å². The maximum atomic E-state index is 11.0. The van der Waals surface area contributed by atoms with Crippen LogP contribution in [0.3, 0.4) is 0 Å². The van der Waals surface area contributed by atoms with Crippen LogP contribution in [-0.4, -0.2) is 21.1 Å². The van der Waals surface area contributed by atoms with Crippen LogP contribution in [0, 0.1) is 0 Å². The summed E-state index contributed by atoms with van der Waals surface area (Å²) >= 11 is 0. The molecule has 0 saturated heterocycles. The Morgan fingerprint density at radius 3 is 1.94 bits per heavy atom. The summed E-state index contributed by atoms with van der Waals surface area (Å²) < 4.78 is 2.34. The molecular formula is C31H30N2O. The van der Waals surface area contributed by atoms with Crippen molar-refractivity contribution in [2.24, 2.45) is 0 Å². The van der Waals surface area contributed by atoms with Gasteiger partial charge in [0.15, 0.2) is 0 Å². The molecule has 1 aromatic heterocycles. The largest absolute Gasteiger partial charge is 0.387 e. The molecule has 170 valence electrons. The molecule has 1 atom stereocenters. The fourth-order valence-corrected chi connectivity index (χ4v) is 4.65. The molecule has 0 radical (unpaired) electrons. The number of para-hydroxylation sites is 1. The summed E-state index contributed by atoms with van der Waals surface area (Å²) in [4.78, 5) is 2.35. The lowest BCUT2D eigenvalue weighted by molar-refractivity contribution is 0.105. The van der Waals surface area contributed by atoms with Crippen LogP contribution in [0.1, 0.15) is 28.4 Å². The molecule has 4 aromatic carbocycles. The van der Waals surface area contributed by atoms with E-state index in [2.05, 4.69) is 94.5 Å². The van der Waals surface area contributed by atoms with Crippen LogP contribution in [0.15, 0.2) is 121 Å². The molecule has 3 nitrogen and oxygen atoms in total. The maximum Gasteiger partial charge on any atom is 0.0917 e. The van der Waals surface area contributed by atoms with Gasteiger partial charge >= 0.3 is 0 Å². The van der Waals surface area contributed by atoms with Gasteiger partial charge in [0.2, 0.25) is 0 Å². The van der Waals surface area contributed by atoms with Gasteiger partial charge in [0.1, 0.15) is 0 Å². The monoisotopic (exact) mass is 446 g/mol. The van der Waals surface area contributed by atoms with E-state index in [9.17, 15) is 5.11 Å². The van der Waals surface area contributed by atoms with Gasteiger partial charge in [0, 0.05) is 43.3 Å². The first-order valence-corrected chi connectivity index (χ1v) is 11.9. The van der Waals surface area contributed by atoms with Gasteiger partial charge in [0.25, 0.3) is 0 Å². The molecule has 1 heterocycles. The van der Waals surface area contributed by atoms with Crippen molar-refractivity contribution < 1.29 is 5.11 Å². The molecule has 0 fully saturated rings. The molecule has 3 heteroatoms. The van der Waals surface area contributed by atoms with Gasteiger partial charge in [-0.2, -0.15) is 0 Å². The normalized spacial score (nSPS) is 12.3. The first-order chi connectivity index (χ1) is 16.8. The molecule has 0 aliphatic heterocycles. The Morgan fingerprint density at radius 2 is 1.24 bits per heavy atom. The van der Waals surface area contributed by atoms with Gasteiger partial charge in [-0.05, 0) is 28.3 Å². The van der Waals surface area contributed by atoms with Crippen molar-refractivity contribution in [3.8, 4) is 0 Å². The summed E-state index contributed by atoms with van der Waals surface area (Å²) in [7, 11) is 0. The Bertz CT molecular complexity index is 1310. The van der Waals surface area contributed by atoms with E-state index in [-0.39, 0.29) is 0 Å². The zero-order chi connectivity index (χ0) is 23.2. The highest BCUT2D eigenvalue weighted by atomic mass is 16.3. The topological polar surface area (TPSA) is 28.4 Å². The van der Waals surface area contributed by atoms with Crippen LogP contribution in [0.4, 0.5) is 0 Å². The van der Waals surface area contributed by atoms with E-state index in [4.69, 9.17) is 0 Å². The SMILES string of the molecule is O[C@H](CN(Cc1ccccc1)Cc1cn(Cc2ccccc2)c2ccccc12)c1ccccc1. The predicted molar refractivity (Wildman–Crippen MR) is 139 cm³/mol. The zero-order valence-corrected chi connectivity index (χ0v) is 19.3. The average molecular weight is 447 g/mol. The smallest absolute Gasteiger partial charge is 0.0917 e. The molecule has 34 heavy (non-hydrogen) atoms. The Kier molecular flexibility index (Phi) is 6.85. The standard InChI is InChI=1S/C31H30N2O/c34-31(27-16-8-3-9-17-27)24-32(20-25-12-4-1-5-13-25)22-28-23-33(21-26-14-6-2-7-15-26)30-19-11-10-18-29(28)30/h1-19,23,31,34H,20-22,24H2/t31-/m1/s1. The van der Waals surface area contributed by atoms with Crippen molar-refractivity contribution in [1.29, 1.82) is 0 Å². The molecule has 0 amide bonds. The molecule has 5 rings (SSSR count). The van der Waals surface area contributed by atoms with E-state index >= 15 is 0 Å². The lowest BCUT2D eigenvalue weighted by atomic mass is 10.1. The fourth-order valence-electron chi connectivity index (χ4n) is 4.65. The van der Waals surface area contributed by atoms with Gasteiger partial charge < -0.3 is 9.67 Å². The minimum atomic E-state index is -0.539. The van der Waals surface area contributed by atoms with Crippen molar-refractivity contribution >= 4 is 10.9 Å². The number of aromatic nitrogens is 1. The number of aliphatic hydroxyl groups is 1. The second-order valence-corrected chi connectivity index (χ2v) is 8.87. The average Bonchev–Trinajstić information content (AvgIpc) is 3.22. The van der Waals surface area contributed by atoms with Gasteiger partial charge in [-0.15, -0.1) is 0 Å². The van der Waals surface area contributed by atoms with Crippen LogP contribution in [0.2, 0.25) is 0 Å². The van der Waals surface area contributed by atoms with Crippen molar-refractivity contribution in [3.05, 3.63) is 144 Å². The molecule has 0 aliphatic carbocycles. The minimum Gasteiger partial charge on any atom is -0.387 e. The zero-order valence-electron chi connectivity index (χ0n) is 19.3. The van der Waals surface area contributed by atoms with Crippen molar-refractivity contribution in [2.45, 2.75) is 25.7 Å². The van der Waals surface area contributed by atoms with Gasteiger partial charge in [-0.25, -0.2) is 0 Å². The molecule has 0 aliphatic rings. The summed E-state index contributed by atoms with van der Waals surface area (Å²) in [6.07, 6.45) is 1.74.